The molecule has 0 spiro atoms. The number of ether oxygens (including phenoxy) is 1. The number of nitro benzene ring substituents is 1. The van der Waals surface area contributed by atoms with Gasteiger partial charge in [0.2, 0.25) is 0 Å². The van der Waals surface area contributed by atoms with E-state index in [1.807, 2.05) is 6.07 Å². The van der Waals surface area contributed by atoms with Gasteiger partial charge < -0.3 is 4.74 Å². The van der Waals surface area contributed by atoms with E-state index in [0.717, 1.165) is 5.56 Å². The van der Waals surface area contributed by atoms with Crippen LogP contribution in [0.2, 0.25) is 5.02 Å². The van der Waals surface area contributed by atoms with Crippen LogP contribution in [0.25, 0.3) is 0 Å². The van der Waals surface area contributed by atoms with Crippen molar-refractivity contribution in [3.8, 4) is 11.5 Å². The molecule has 0 heterocycles. The Morgan fingerprint density at radius 1 is 1.26 bits per heavy atom. The average molecular weight is 343 g/mol. The summed E-state index contributed by atoms with van der Waals surface area (Å²) >= 11 is 9.27. The maximum Gasteiger partial charge on any atom is 0.273 e. The van der Waals surface area contributed by atoms with Gasteiger partial charge in [0.05, 0.1) is 11.0 Å². The van der Waals surface area contributed by atoms with Crippen molar-refractivity contribution in [2.45, 2.75) is 5.33 Å². The number of nitrogens with zero attached hydrogens (tertiary/aromatic N) is 1. The van der Waals surface area contributed by atoms with Crippen molar-refractivity contribution in [3.05, 3.63) is 63.2 Å². The van der Waals surface area contributed by atoms with Gasteiger partial charge >= 0.3 is 0 Å². The minimum absolute atomic E-state index is 0.0140. The number of hydrogen-bond donors (Lipinski definition) is 0. The molecule has 0 fully saturated rings. The number of halogens is 2. The van der Waals surface area contributed by atoms with Gasteiger partial charge in [-0.3, -0.25) is 10.1 Å². The third-order valence-electron chi connectivity index (χ3n) is 2.43. The Hall–Kier alpha value is -1.59. The molecular formula is C13H9BrClNO3. The zero-order valence-electron chi connectivity index (χ0n) is 9.68. The second kappa shape index (κ2) is 6.04. The molecule has 0 bridgehead atoms. The van der Waals surface area contributed by atoms with Crippen molar-refractivity contribution >= 4 is 33.2 Å². The fraction of sp³-hybridized carbons (Fsp3) is 0.0769. The molecule has 0 atom stereocenters. The molecule has 6 heteroatoms. The lowest BCUT2D eigenvalue weighted by atomic mass is 10.2. The first-order chi connectivity index (χ1) is 9.10. The Morgan fingerprint density at radius 3 is 2.74 bits per heavy atom. The SMILES string of the molecule is O=[N+]([O-])c1cccc(Oc2cc(Cl)ccc2CBr)c1. The van der Waals surface area contributed by atoms with Gasteiger partial charge in [-0.25, -0.2) is 0 Å². The molecule has 2 aromatic carbocycles. The fourth-order valence-electron chi connectivity index (χ4n) is 1.52. The molecule has 2 rings (SSSR count). The second-order valence-electron chi connectivity index (χ2n) is 3.74. The number of benzene rings is 2. The van der Waals surface area contributed by atoms with E-state index in [-0.39, 0.29) is 5.69 Å². The molecule has 0 saturated heterocycles. The van der Waals surface area contributed by atoms with Crippen LogP contribution in [-0.4, -0.2) is 4.92 Å². The summed E-state index contributed by atoms with van der Waals surface area (Å²) in [6.07, 6.45) is 0. The number of non-ortho nitro benzene ring substituents is 1. The Kier molecular flexibility index (Phi) is 4.39. The first-order valence-corrected chi connectivity index (χ1v) is 6.87. The Morgan fingerprint density at radius 2 is 2.05 bits per heavy atom. The molecule has 0 radical (unpaired) electrons. The topological polar surface area (TPSA) is 52.4 Å². The predicted octanol–water partition coefficient (Wildman–Crippen LogP) is 4.94. The van der Waals surface area contributed by atoms with E-state index in [4.69, 9.17) is 16.3 Å². The molecule has 0 N–H and O–H groups in total. The van der Waals surface area contributed by atoms with Gasteiger partial charge in [0, 0.05) is 22.0 Å². The normalized spacial score (nSPS) is 10.2. The van der Waals surface area contributed by atoms with Crippen LogP contribution >= 0.6 is 27.5 Å². The molecule has 0 saturated carbocycles. The minimum Gasteiger partial charge on any atom is -0.457 e. The van der Waals surface area contributed by atoms with Crippen LogP contribution in [-0.2, 0) is 5.33 Å². The molecule has 0 aromatic heterocycles. The molecular weight excluding hydrogens is 334 g/mol. The maximum atomic E-state index is 10.7. The van der Waals surface area contributed by atoms with E-state index in [1.54, 1.807) is 24.3 Å². The standard InChI is InChI=1S/C13H9BrClNO3/c14-8-9-4-5-10(15)6-13(9)19-12-3-1-2-11(7-12)16(17)18/h1-7H,8H2. The van der Waals surface area contributed by atoms with E-state index >= 15 is 0 Å². The summed E-state index contributed by atoms with van der Waals surface area (Å²) < 4.78 is 5.65. The highest BCUT2D eigenvalue weighted by atomic mass is 79.9. The van der Waals surface area contributed by atoms with Gasteiger partial charge in [0.15, 0.2) is 0 Å². The van der Waals surface area contributed by atoms with E-state index in [1.165, 1.54) is 12.1 Å². The highest BCUT2D eigenvalue weighted by Gasteiger charge is 2.09. The molecule has 0 aliphatic heterocycles. The lowest BCUT2D eigenvalue weighted by Gasteiger charge is -2.09. The first-order valence-electron chi connectivity index (χ1n) is 5.37. The van der Waals surface area contributed by atoms with Crippen LogP contribution in [0.3, 0.4) is 0 Å². The molecule has 19 heavy (non-hydrogen) atoms. The molecule has 0 aliphatic carbocycles. The zero-order valence-corrected chi connectivity index (χ0v) is 12.0. The molecule has 4 nitrogen and oxygen atoms in total. The summed E-state index contributed by atoms with van der Waals surface area (Å²) in [5.41, 5.74) is 0.899. The predicted molar refractivity (Wildman–Crippen MR) is 77.3 cm³/mol. The summed E-state index contributed by atoms with van der Waals surface area (Å²) in [5.74, 6) is 0.975. The van der Waals surface area contributed by atoms with Gasteiger partial charge in [0.1, 0.15) is 11.5 Å². The number of rotatable bonds is 4. The van der Waals surface area contributed by atoms with E-state index in [2.05, 4.69) is 15.9 Å². The molecule has 2 aromatic rings. The zero-order chi connectivity index (χ0) is 13.8. The number of hydrogen-bond acceptors (Lipinski definition) is 3. The van der Waals surface area contributed by atoms with Gasteiger partial charge in [-0.1, -0.05) is 39.7 Å². The summed E-state index contributed by atoms with van der Waals surface area (Å²) in [7, 11) is 0. The second-order valence-corrected chi connectivity index (χ2v) is 4.74. The van der Waals surface area contributed by atoms with Crippen molar-refractivity contribution < 1.29 is 9.66 Å². The summed E-state index contributed by atoms with van der Waals surface area (Å²) in [6, 6.07) is 11.3. The highest BCUT2D eigenvalue weighted by Crippen LogP contribution is 2.31. The molecule has 98 valence electrons. The van der Waals surface area contributed by atoms with Crippen LogP contribution < -0.4 is 4.74 Å². The molecule has 0 amide bonds. The van der Waals surface area contributed by atoms with E-state index in [0.29, 0.717) is 21.9 Å². The van der Waals surface area contributed by atoms with E-state index in [9.17, 15) is 10.1 Å². The van der Waals surface area contributed by atoms with Crippen LogP contribution in [0, 0.1) is 10.1 Å². The minimum atomic E-state index is -0.462. The largest absolute Gasteiger partial charge is 0.457 e. The van der Waals surface area contributed by atoms with Gasteiger partial charge in [-0.05, 0) is 18.2 Å². The van der Waals surface area contributed by atoms with Gasteiger partial charge in [-0.15, -0.1) is 0 Å². The smallest absolute Gasteiger partial charge is 0.273 e. The third-order valence-corrected chi connectivity index (χ3v) is 3.27. The van der Waals surface area contributed by atoms with Crippen molar-refractivity contribution in [1.29, 1.82) is 0 Å². The lowest BCUT2D eigenvalue weighted by molar-refractivity contribution is -0.384. The van der Waals surface area contributed by atoms with Crippen LogP contribution in [0.4, 0.5) is 5.69 Å². The first kappa shape index (κ1) is 13.8. The fourth-order valence-corrected chi connectivity index (χ4v) is 2.15. The maximum absolute atomic E-state index is 10.7. The van der Waals surface area contributed by atoms with Crippen LogP contribution in [0.5, 0.6) is 11.5 Å². The van der Waals surface area contributed by atoms with Crippen LogP contribution in [0.15, 0.2) is 42.5 Å². The highest BCUT2D eigenvalue weighted by molar-refractivity contribution is 9.08. The van der Waals surface area contributed by atoms with Crippen molar-refractivity contribution in [2.24, 2.45) is 0 Å². The monoisotopic (exact) mass is 341 g/mol. The Labute approximate surface area is 123 Å². The Bertz CT molecular complexity index is 619. The van der Waals surface area contributed by atoms with Gasteiger partial charge in [0.25, 0.3) is 5.69 Å². The quantitative estimate of drug-likeness (QED) is 0.449. The van der Waals surface area contributed by atoms with E-state index < -0.39 is 4.92 Å². The molecule has 0 aliphatic rings. The molecule has 0 unspecified atom stereocenters. The lowest BCUT2D eigenvalue weighted by Crippen LogP contribution is -1.92. The summed E-state index contributed by atoms with van der Waals surface area (Å²) in [4.78, 5) is 10.2. The van der Waals surface area contributed by atoms with Crippen molar-refractivity contribution in [1.82, 2.24) is 0 Å². The summed E-state index contributed by atoms with van der Waals surface area (Å²) in [6.45, 7) is 0. The van der Waals surface area contributed by atoms with Crippen molar-refractivity contribution in [2.75, 3.05) is 0 Å². The average Bonchev–Trinajstić information content (AvgIpc) is 2.39. The Balaban J connectivity index is 2.33. The van der Waals surface area contributed by atoms with Gasteiger partial charge in [-0.2, -0.15) is 0 Å². The van der Waals surface area contributed by atoms with Crippen LogP contribution in [0.1, 0.15) is 5.56 Å². The number of alkyl halides is 1. The summed E-state index contributed by atoms with van der Waals surface area (Å²) in [5, 5.41) is 11.9. The van der Waals surface area contributed by atoms with Crippen molar-refractivity contribution in [3.63, 3.8) is 0 Å². The number of nitro groups is 1. The third kappa shape index (κ3) is 3.45.